The van der Waals surface area contributed by atoms with E-state index in [0.29, 0.717) is 6.61 Å². The van der Waals surface area contributed by atoms with Gasteiger partial charge in [-0.1, -0.05) is 0 Å². The second-order valence-corrected chi connectivity index (χ2v) is 5.94. The Hall–Kier alpha value is -1.73. The van der Waals surface area contributed by atoms with Crippen LogP contribution in [0.3, 0.4) is 0 Å². The summed E-state index contributed by atoms with van der Waals surface area (Å²) in [5.74, 6) is -0.115. The molecule has 7 nitrogen and oxygen atoms in total. The number of anilines is 1. The van der Waals surface area contributed by atoms with Crippen LogP contribution in [-0.2, 0) is 4.74 Å². The molecule has 1 aromatic rings. The largest absolute Gasteiger partial charge is 0.373 e. The summed E-state index contributed by atoms with van der Waals surface area (Å²) in [6, 6.07) is 3.22. The molecular weight excluding hydrogens is 272 g/mol. The molecule has 114 valence electrons. The van der Waals surface area contributed by atoms with Gasteiger partial charge in [0.25, 0.3) is 0 Å². The molecule has 1 saturated heterocycles. The van der Waals surface area contributed by atoms with Gasteiger partial charge in [-0.2, -0.15) is 0 Å². The highest BCUT2D eigenvalue weighted by molar-refractivity contribution is 5.47. The molecule has 0 N–H and O–H groups in total. The zero-order valence-corrected chi connectivity index (χ0v) is 12.4. The van der Waals surface area contributed by atoms with Crippen LogP contribution in [0.1, 0.15) is 12.8 Å². The van der Waals surface area contributed by atoms with E-state index in [1.165, 1.54) is 6.07 Å². The molecule has 0 spiro atoms. The maximum absolute atomic E-state index is 10.7. The highest BCUT2D eigenvalue weighted by atomic mass is 16.6. The minimum Gasteiger partial charge on any atom is -0.373 e. The van der Waals surface area contributed by atoms with Crippen molar-refractivity contribution in [3.63, 3.8) is 0 Å². The van der Waals surface area contributed by atoms with Gasteiger partial charge in [0.15, 0.2) is 6.20 Å². The number of morpholine rings is 1. The van der Waals surface area contributed by atoms with Crippen LogP contribution in [0.5, 0.6) is 0 Å². The Balaban J connectivity index is 1.73. The van der Waals surface area contributed by atoms with Crippen molar-refractivity contribution in [3.05, 3.63) is 28.4 Å². The first-order valence-corrected chi connectivity index (χ1v) is 7.17. The average molecular weight is 292 g/mol. The summed E-state index contributed by atoms with van der Waals surface area (Å²) in [7, 11) is 4.20. The maximum Gasteiger partial charge on any atom is 0.363 e. The standard InChI is InChI=1S/C14H20N4O3/c1-16(2)14(5-6-14)12-10-17(7-8-21-12)11-3-4-13(15-9-11)18(19)20/h3-4,9,12H,5-8,10H2,1-2H3. The number of rotatable bonds is 4. The van der Waals surface area contributed by atoms with E-state index in [1.54, 1.807) is 12.3 Å². The van der Waals surface area contributed by atoms with Crippen molar-refractivity contribution in [1.29, 1.82) is 0 Å². The first kappa shape index (κ1) is 14.2. The summed E-state index contributed by atoms with van der Waals surface area (Å²) in [5.41, 5.74) is 1.08. The van der Waals surface area contributed by atoms with E-state index >= 15 is 0 Å². The third kappa shape index (κ3) is 2.58. The van der Waals surface area contributed by atoms with Crippen molar-refractivity contribution in [3.8, 4) is 0 Å². The van der Waals surface area contributed by atoms with Crippen LogP contribution in [0, 0.1) is 10.1 Å². The second-order valence-electron chi connectivity index (χ2n) is 5.94. The van der Waals surface area contributed by atoms with E-state index in [2.05, 4.69) is 28.9 Å². The molecule has 0 amide bonds. The van der Waals surface area contributed by atoms with Crippen molar-refractivity contribution >= 4 is 11.5 Å². The fraction of sp³-hybridized carbons (Fsp3) is 0.643. The lowest BCUT2D eigenvalue weighted by atomic mass is 10.1. The lowest BCUT2D eigenvalue weighted by molar-refractivity contribution is -0.389. The normalized spacial score (nSPS) is 24.1. The molecule has 0 aromatic carbocycles. The summed E-state index contributed by atoms with van der Waals surface area (Å²) >= 11 is 0. The monoisotopic (exact) mass is 292 g/mol. The molecule has 1 aliphatic heterocycles. The van der Waals surface area contributed by atoms with Gasteiger partial charge in [0.1, 0.15) is 0 Å². The average Bonchev–Trinajstić information content (AvgIpc) is 3.29. The smallest absolute Gasteiger partial charge is 0.363 e. The number of hydrogen-bond acceptors (Lipinski definition) is 6. The first-order chi connectivity index (χ1) is 10.0. The van der Waals surface area contributed by atoms with Gasteiger partial charge >= 0.3 is 5.82 Å². The van der Waals surface area contributed by atoms with Crippen LogP contribution in [0.15, 0.2) is 18.3 Å². The lowest BCUT2D eigenvalue weighted by Crippen LogP contribution is -2.53. The molecule has 0 bridgehead atoms. The fourth-order valence-electron chi connectivity index (χ4n) is 3.07. The van der Waals surface area contributed by atoms with Gasteiger partial charge in [0.05, 0.1) is 18.4 Å². The van der Waals surface area contributed by atoms with Crippen LogP contribution in [0.4, 0.5) is 11.5 Å². The van der Waals surface area contributed by atoms with Crippen LogP contribution >= 0.6 is 0 Å². The minimum atomic E-state index is -0.475. The molecule has 2 heterocycles. The van der Waals surface area contributed by atoms with Gasteiger partial charge in [-0.05, 0) is 42.9 Å². The molecule has 1 unspecified atom stereocenters. The van der Waals surface area contributed by atoms with Crippen LogP contribution < -0.4 is 4.90 Å². The number of nitrogens with zero attached hydrogens (tertiary/aromatic N) is 4. The van der Waals surface area contributed by atoms with Gasteiger partial charge in [-0.15, -0.1) is 0 Å². The quantitative estimate of drug-likeness (QED) is 0.615. The molecule has 21 heavy (non-hydrogen) atoms. The van der Waals surface area contributed by atoms with E-state index in [1.807, 2.05) is 0 Å². The van der Waals surface area contributed by atoms with Crippen molar-refractivity contribution in [1.82, 2.24) is 9.88 Å². The Morgan fingerprint density at radius 2 is 2.24 bits per heavy atom. The van der Waals surface area contributed by atoms with Gasteiger partial charge in [-0.25, -0.2) is 0 Å². The van der Waals surface area contributed by atoms with E-state index in [9.17, 15) is 10.1 Å². The second kappa shape index (κ2) is 5.23. The summed E-state index contributed by atoms with van der Waals surface area (Å²) in [6.45, 7) is 2.27. The predicted octanol–water partition coefficient (Wildman–Crippen LogP) is 1.29. The Bertz CT molecular complexity index is 528. The topological polar surface area (TPSA) is 71.7 Å². The number of hydrogen-bond donors (Lipinski definition) is 0. The molecule has 3 rings (SSSR count). The van der Waals surface area contributed by atoms with Crippen molar-refractivity contribution < 1.29 is 9.66 Å². The fourth-order valence-corrected chi connectivity index (χ4v) is 3.07. The zero-order valence-electron chi connectivity index (χ0n) is 12.4. The van der Waals surface area contributed by atoms with Crippen molar-refractivity contribution in [2.45, 2.75) is 24.5 Å². The van der Waals surface area contributed by atoms with E-state index in [-0.39, 0.29) is 17.5 Å². The van der Waals surface area contributed by atoms with Crippen LogP contribution in [-0.4, -0.2) is 60.2 Å². The first-order valence-electron chi connectivity index (χ1n) is 7.17. The number of nitro groups is 1. The van der Waals surface area contributed by atoms with E-state index in [0.717, 1.165) is 31.6 Å². The van der Waals surface area contributed by atoms with E-state index in [4.69, 9.17) is 4.74 Å². The highest BCUT2D eigenvalue weighted by Crippen LogP contribution is 2.45. The molecule has 0 radical (unpaired) electrons. The van der Waals surface area contributed by atoms with Crippen molar-refractivity contribution in [2.75, 3.05) is 38.7 Å². The zero-order chi connectivity index (χ0) is 15.0. The molecule has 1 aliphatic carbocycles. The number of ether oxygens (including phenoxy) is 1. The molecule has 1 saturated carbocycles. The molecule has 1 aromatic heterocycles. The molecule has 2 aliphatic rings. The minimum absolute atomic E-state index is 0.115. The summed E-state index contributed by atoms with van der Waals surface area (Å²) in [4.78, 5) is 18.5. The Morgan fingerprint density at radius 1 is 1.48 bits per heavy atom. The van der Waals surface area contributed by atoms with Crippen LogP contribution in [0.25, 0.3) is 0 Å². The molecule has 2 fully saturated rings. The summed E-state index contributed by atoms with van der Waals surface area (Å²) < 4.78 is 5.97. The number of likely N-dealkylation sites (N-methyl/N-ethyl adjacent to an activating group) is 1. The lowest BCUT2D eigenvalue weighted by Gasteiger charge is -2.40. The van der Waals surface area contributed by atoms with Gasteiger partial charge < -0.3 is 24.7 Å². The molecular formula is C14H20N4O3. The van der Waals surface area contributed by atoms with Crippen molar-refractivity contribution in [2.24, 2.45) is 0 Å². The van der Waals surface area contributed by atoms with Gasteiger partial charge in [0, 0.05) is 24.7 Å². The number of pyridine rings is 1. The van der Waals surface area contributed by atoms with Gasteiger partial charge in [0.2, 0.25) is 0 Å². The maximum atomic E-state index is 10.7. The summed E-state index contributed by atoms with van der Waals surface area (Å²) in [5, 5.41) is 10.7. The Morgan fingerprint density at radius 3 is 2.76 bits per heavy atom. The SMILES string of the molecule is CN(C)C1(C2CN(c3ccc([N+](=O)[O-])nc3)CCO2)CC1. The van der Waals surface area contributed by atoms with Gasteiger partial charge in [-0.3, -0.25) is 0 Å². The Labute approximate surface area is 123 Å². The molecule has 7 heteroatoms. The van der Waals surface area contributed by atoms with Crippen LogP contribution in [0.2, 0.25) is 0 Å². The third-order valence-electron chi connectivity index (χ3n) is 4.60. The summed E-state index contributed by atoms with van der Waals surface area (Å²) in [6.07, 6.45) is 4.08. The highest BCUT2D eigenvalue weighted by Gasteiger charge is 2.53. The predicted molar refractivity (Wildman–Crippen MR) is 78.5 cm³/mol. The Kier molecular flexibility index (Phi) is 3.54. The third-order valence-corrected chi connectivity index (χ3v) is 4.60. The van der Waals surface area contributed by atoms with E-state index < -0.39 is 4.92 Å². The molecule has 1 atom stereocenters. The number of aromatic nitrogens is 1.